The molecule has 1 aliphatic rings. The normalized spacial score (nSPS) is 15.6. The number of hydrogen-bond acceptors (Lipinski definition) is 6. The fourth-order valence-corrected chi connectivity index (χ4v) is 5.37. The number of hydrogen-bond donors (Lipinski definition) is 0. The Balaban J connectivity index is 1.52. The number of sulfonamides is 1. The first-order chi connectivity index (χ1) is 13.1. The topological polar surface area (TPSA) is 66.4 Å². The van der Waals surface area contributed by atoms with Gasteiger partial charge in [-0.05, 0) is 49.1 Å². The molecule has 2 heterocycles. The molecule has 0 N–H and O–H groups in total. The molecule has 6 nitrogen and oxygen atoms in total. The Labute approximate surface area is 163 Å². The molecule has 142 valence electrons. The van der Waals surface area contributed by atoms with E-state index in [2.05, 4.69) is 25.8 Å². The van der Waals surface area contributed by atoms with Gasteiger partial charge in [0.1, 0.15) is 15.9 Å². The van der Waals surface area contributed by atoms with Crippen LogP contribution in [0.4, 0.5) is 5.69 Å². The van der Waals surface area contributed by atoms with Crippen LogP contribution >= 0.6 is 11.7 Å². The number of anilines is 1. The second-order valence-electron chi connectivity index (χ2n) is 6.86. The van der Waals surface area contributed by atoms with Crippen molar-refractivity contribution >= 4 is 38.5 Å². The Kier molecular flexibility index (Phi) is 5.12. The summed E-state index contributed by atoms with van der Waals surface area (Å²) >= 11 is 1.03. The Morgan fingerprint density at radius 3 is 2.52 bits per heavy atom. The van der Waals surface area contributed by atoms with Crippen LogP contribution in [-0.2, 0) is 16.6 Å². The SMILES string of the molecule is CN(Cc1ccc(N2CCCCC2)cc1)S(=O)(=O)c1cccc2nsnc12. The highest BCUT2D eigenvalue weighted by atomic mass is 32.2. The highest BCUT2D eigenvalue weighted by Crippen LogP contribution is 2.25. The van der Waals surface area contributed by atoms with Crippen LogP contribution < -0.4 is 4.90 Å². The van der Waals surface area contributed by atoms with E-state index in [0.29, 0.717) is 17.6 Å². The maximum absolute atomic E-state index is 13.0. The van der Waals surface area contributed by atoms with Crippen molar-refractivity contribution in [1.29, 1.82) is 0 Å². The van der Waals surface area contributed by atoms with Crippen molar-refractivity contribution in [3.05, 3.63) is 48.0 Å². The van der Waals surface area contributed by atoms with Gasteiger partial charge in [0.05, 0.1) is 11.7 Å². The van der Waals surface area contributed by atoms with E-state index < -0.39 is 10.0 Å². The summed E-state index contributed by atoms with van der Waals surface area (Å²) in [5, 5.41) is 0. The van der Waals surface area contributed by atoms with Gasteiger partial charge in [-0.25, -0.2) is 8.42 Å². The van der Waals surface area contributed by atoms with Gasteiger partial charge >= 0.3 is 0 Å². The first-order valence-electron chi connectivity index (χ1n) is 9.07. The van der Waals surface area contributed by atoms with Crippen LogP contribution in [0.1, 0.15) is 24.8 Å². The van der Waals surface area contributed by atoms with E-state index >= 15 is 0 Å². The van der Waals surface area contributed by atoms with Crippen molar-refractivity contribution in [2.45, 2.75) is 30.7 Å². The molecule has 8 heteroatoms. The molecule has 4 rings (SSSR count). The Morgan fingerprint density at radius 1 is 1.04 bits per heavy atom. The summed E-state index contributed by atoms with van der Waals surface area (Å²) in [5.41, 5.74) is 3.22. The lowest BCUT2D eigenvalue weighted by Gasteiger charge is -2.29. The Hall–Kier alpha value is -2.03. The smallest absolute Gasteiger partial charge is 0.245 e. The highest BCUT2D eigenvalue weighted by molar-refractivity contribution is 7.89. The van der Waals surface area contributed by atoms with Crippen molar-refractivity contribution < 1.29 is 8.42 Å². The molecule has 2 aromatic carbocycles. The van der Waals surface area contributed by atoms with Crippen LogP contribution in [0.15, 0.2) is 47.4 Å². The van der Waals surface area contributed by atoms with E-state index in [1.165, 1.54) is 29.3 Å². The zero-order valence-electron chi connectivity index (χ0n) is 15.2. The first kappa shape index (κ1) is 18.3. The summed E-state index contributed by atoms with van der Waals surface area (Å²) < 4.78 is 35.7. The predicted octanol–water partition coefficient (Wildman–Crippen LogP) is 3.50. The first-order valence-corrected chi connectivity index (χ1v) is 11.2. The van der Waals surface area contributed by atoms with E-state index in [1.54, 1.807) is 25.2 Å². The van der Waals surface area contributed by atoms with E-state index in [-0.39, 0.29) is 4.90 Å². The predicted molar refractivity (Wildman–Crippen MR) is 109 cm³/mol. The fourth-order valence-electron chi connectivity index (χ4n) is 3.46. The zero-order valence-corrected chi connectivity index (χ0v) is 16.8. The van der Waals surface area contributed by atoms with Crippen LogP contribution in [-0.4, -0.2) is 41.6 Å². The van der Waals surface area contributed by atoms with Crippen LogP contribution in [0.25, 0.3) is 11.0 Å². The van der Waals surface area contributed by atoms with Gasteiger partial charge in [-0.15, -0.1) is 0 Å². The number of nitrogens with zero attached hydrogens (tertiary/aromatic N) is 4. The second kappa shape index (κ2) is 7.53. The lowest BCUT2D eigenvalue weighted by atomic mass is 10.1. The molecule has 0 amide bonds. The van der Waals surface area contributed by atoms with Crippen molar-refractivity contribution in [1.82, 2.24) is 13.1 Å². The van der Waals surface area contributed by atoms with Gasteiger partial charge in [0.15, 0.2) is 0 Å². The number of aromatic nitrogens is 2. The molecule has 0 bridgehead atoms. The maximum atomic E-state index is 13.0. The molecule has 0 spiro atoms. The second-order valence-corrected chi connectivity index (χ2v) is 9.41. The molecule has 0 aliphatic carbocycles. The molecule has 0 unspecified atom stereocenters. The van der Waals surface area contributed by atoms with Gasteiger partial charge in [-0.2, -0.15) is 13.1 Å². The molecule has 3 aromatic rings. The molecule has 1 saturated heterocycles. The van der Waals surface area contributed by atoms with E-state index in [0.717, 1.165) is 30.4 Å². The lowest BCUT2D eigenvalue weighted by Crippen LogP contribution is -2.29. The summed E-state index contributed by atoms with van der Waals surface area (Å²) in [4.78, 5) is 2.60. The monoisotopic (exact) mass is 402 g/mol. The molecule has 27 heavy (non-hydrogen) atoms. The van der Waals surface area contributed by atoms with Crippen molar-refractivity contribution in [2.24, 2.45) is 0 Å². The average molecular weight is 403 g/mol. The molecule has 0 radical (unpaired) electrons. The highest BCUT2D eigenvalue weighted by Gasteiger charge is 2.24. The maximum Gasteiger partial charge on any atom is 0.245 e. The third kappa shape index (κ3) is 3.69. The molecule has 1 aliphatic heterocycles. The van der Waals surface area contributed by atoms with Crippen LogP contribution in [0.3, 0.4) is 0 Å². The van der Waals surface area contributed by atoms with E-state index in [4.69, 9.17) is 0 Å². The van der Waals surface area contributed by atoms with Gasteiger partial charge in [-0.1, -0.05) is 18.2 Å². The number of benzene rings is 2. The molecule has 0 atom stereocenters. The van der Waals surface area contributed by atoms with Crippen LogP contribution in [0.5, 0.6) is 0 Å². The van der Waals surface area contributed by atoms with Crippen LogP contribution in [0, 0.1) is 0 Å². The fraction of sp³-hybridized carbons (Fsp3) is 0.368. The number of piperidine rings is 1. The zero-order chi connectivity index (χ0) is 18.9. The molecule has 1 fully saturated rings. The van der Waals surface area contributed by atoms with Crippen molar-refractivity contribution in [3.63, 3.8) is 0 Å². The van der Waals surface area contributed by atoms with Crippen molar-refractivity contribution in [3.8, 4) is 0 Å². The van der Waals surface area contributed by atoms with Crippen molar-refractivity contribution in [2.75, 3.05) is 25.0 Å². The standard InChI is InChI=1S/C19H22N4O2S2/c1-22(27(24,25)18-7-5-6-17-19(18)21-26-20-17)14-15-8-10-16(11-9-15)23-12-3-2-4-13-23/h5-11H,2-4,12-14H2,1H3. The quantitative estimate of drug-likeness (QED) is 0.653. The lowest BCUT2D eigenvalue weighted by molar-refractivity contribution is 0.467. The minimum Gasteiger partial charge on any atom is -0.372 e. The van der Waals surface area contributed by atoms with Gasteiger partial charge in [0.25, 0.3) is 0 Å². The third-order valence-corrected chi connectivity index (χ3v) is 7.38. The Bertz CT molecular complexity index is 1030. The summed E-state index contributed by atoms with van der Waals surface area (Å²) in [5.74, 6) is 0. The largest absolute Gasteiger partial charge is 0.372 e. The van der Waals surface area contributed by atoms with Gasteiger partial charge in [-0.3, -0.25) is 0 Å². The van der Waals surface area contributed by atoms with E-state index in [9.17, 15) is 8.42 Å². The molecule has 0 saturated carbocycles. The summed E-state index contributed by atoms with van der Waals surface area (Å²) in [6.07, 6.45) is 3.78. The van der Waals surface area contributed by atoms with E-state index in [1.807, 2.05) is 12.1 Å². The average Bonchev–Trinajstić information content (AvgIpc) is 3.18. The Morgan fingerprint density at radius 2 is 1.78 bits per heavy atom. The molecular formula is C19H22N4O2S2. The summed E-state index contributed by atoms with van der Waals surface area (Å²) in [7, 11) is -2.03. The molecular weight excluding hydrogens is 380 g/mol. The number of fused-ring (bicyclic) bond motifs is 1. The minimum atomic E-state index is -3.64. The van der Waals surface area contributed by atoms with Gasteiger partial charge in [0.2, 0.25) is 10.0 Å². The summed E-state index contributed by atoms with van der Waals surface area (Å²) in [6, 6.07) is 13.3. The van der Waals surface area contributed by atoms with Gasteiger partial charge < -0.3 is 4.90 Å². The van der Waals surface area contributed by atoms with Crippen LogP contribution in [0.2, 0.25) is 0 Å². The molecule has 1 aromatic heterocycles. The number of rotatable bonds is 5. The third-order valence-electron chi connectivity index (χ3n) is 5.00. The minimum absolute atomic E-state index is 0.209. The van der Waals surface area contributed by atoms with Gasteiger partial charge in [0, 0.05) is 32.4 Å². The summed E-state index contributed by atoms with van der Waals surface area (Å²) in [6.45, 7) is 2.51.